The summed E-state index contributed by atoms with van der Waals surface area (Å²) in [5.41, 5.74) is -1.04. The molecule has 2 atom stereocenters. The largest absolute Gasteiger partial charge is 0.508 e. The first-order chi connectivity index (χ1) is 20.3. The fourth-order valence-corrected chi connectivity index (χ4v) is 6.17. The second-order valence-corrected chi connectivity index (χ2v) is 10.7. The number of nitrogens with zero attached hydrogens (tertiary/aromatic N) is 4. The molecule has 4 heterocycles. The Morgan fingerprint density at radius 2 is 1.79 bits per heavy atom. The maximum atomic E-state index is 16.9. The van der Waals surface area contributed by atoms with Crippen molar-refractivity contribution in [3.8, 4) is 41.0 Å². The van der Waals surface area contributed by atoms with Crippen molar-refractivity contribution in [1.82, 2.24) is 19.9 Å². The average molecular weight is 566 g/mol. The molecular formula is C32H25F2N5O3. The Labute approximate surface area is 239 Å². The molecule has 7 rings (SSSR count). The highest BCUT2D eigenvalue weighted by atomic mass is 19.1. The summed E-state index contributed by atoms with van der Waals surface area (Å²) in [6.07, 6.45) is 7.67. The zero-order chi connectivity index (χ0) is 29.1. The SMILES string of the molecule is C#Cc1c(F)ccc2cc(O)cc(-c3nc(Oc4ccccc4)c4c(N5CC6CCC(C5)N6)nc(=O)n(C)c4c3F)c12. The van der Waals surface area contributed by atoms with Gasteiger partial charge in [-0.1, -0.05) is 30.2 Å². The van der Waals surface area contributed by atoms with E-state index < -0.39 is 17.3 Å². The summed E-state index contributed by atoms with van der Waals surface area (Å²) in [5.74, 6) is 1.35. The van der Waals surface area contributed by atoms with Crippen LogP contribution < -0.4 is 20.6 Å². The van der Waals surface area contributed by atoms with E-state index in [0.29, 0.717) is 24.2 Å². The van der Waals surface area contributed by atoms with Gasteiger partial charge in [-0.3, -0.25) is 4.57 Å². The molecule has 5 aromatic rings. The van der Waals surface area contributed by atoms with Crippen molar-refractivity contribution in [2.45, 2.75) is 24.9 Å². The molecule has 2 unspecified atom stereocenters. The smallest absolute Gasteiger partial charge is 0.349 e. The predicted octanol–water partition coefficient (Wildman–Crippen LogP) is 4.85. The zero-order valence-corrected chi connectivity index (χ0v) is 22.6. The number of aromatic nitrogens is 3. The molecule has 0 aliphatic carbocycles. The molecule has 2 aliphatic heterocycles. The molecular weight excluding hydrogens is 540 g/mol. The van der Waals surface area contributed by atoms with Crippen molar-refractivity contribution >= 4 is 27.5 Å². The van der Waals surface area contributed by atoms with Gasteiger partial charge in [0.15, 0.2) is 5.82 Å². The van der Waals surface area contributed by atoms with Crippen molar-refractivity contribution in [3.63, 3.8) is 0 Å². The highest BCUT2D eigenvalue weighted by Gasteiger charge is 2.35. The third-order valence-corrected chi connectivity index (χ3v) is 8.05. The molecule has 2 fully saturated rings. The number of benzene rings is 3. The zero-order valence-electron chi connectivity index (χ0n) is 22.6. The van der Waals surface area contributed by atoms with Gasteiger partial charge >= 0.3 is 5.69 Å². The molecule has 2 N–H and O–H groups in total. The Morgan fingerprint density at radius 1 is 1.05 bits per heavy atom. The fourth-order valence-electron chi connectivity index (χ4n) is 6.17. The van der Waals surface area contributed by atoms with E-state index in [-0.39, 0.29) is 62.6 Å². The minimum absolute atomic E-state index is 0.00623. The van der Waals surface area contributed by atoms with Crippen LogP contribution in [0.4, 0.5) is 14.6 Å². The fraction of sp³-hybridized carbons (Fsp3) is 0.219. The van der Waals surface area contributed by atoms with E-state index in [1.54, 1.807) is 24.3 Å². The Hall–Kier alpha value is -5.01. The number of pyridine rings is 1. The van der Waals surface area contributed by atoms with Gasteiger partial charge in [0.05, 0.1) is 11.1 Å². The number of terminal acetylenes is 1. The lowest BCUT2D eigenvalue weighted by Crippen LogP contribution is -2.52. The molecule has 2 bridgehead atoms. The van der Waals surface area contributed by atoms with Gasteiger partial charge in [-0.05, 0) is 48.6 Å². The van der Waals surface area contributed by atoms with Gasteiger partial charge in [0, 0.05) is 43.2 Å². The quantitative estimate of drug-likeness (QED) is 0.301. The maximum Gasteiger partial charge on any atom is 0.349 e. The van der Waals surface area contributed by atoms with Gasteiger partial charge in [0.2, 0.25) is 5.88 Å². The van der Waals surface area contributed by atoms with Crippen LogP contribution in [0.3, 0.4) is 0 Å². The summed E-state index contributed by atoms with van der Waals surface area (Å²) in [7, 11) is 1.43. The molecule has 0 amide bonds. The molecule has 10 heteroatoms. The molecule has 2 aromatic heterocycles. The van der Waals surface area contributed by atoms with Crippen LogP contribution in [0.5, 0.6) is 17.4 Å². The van der Waals surface area contributed by atoms with E-state index in [1.807, 2.05) is 11.0 Å². The van der Waals surface area contributed by atoms with Crippen LogP contribution in [0, 0.1) is 24.0 Å². The molecule has 0 saturated carbocycles. The van der Waals surface area contributed by atoms with Gasteiger partial charge in [0.25, 0.3) is 0 Å². The molecule has 0 radical (unpaired) electrons. The first-order valence-electron chi connectivity index (χ1n) is 13.6. The number of phenols is 1. The Bertz CT molecular complexity index is 1990. The first-order valence-corrected chi connectivity index (χ1v) is 13.6. The molecule has 0 spiro atoms. The van der Waals surface area contributed by atoms with Gasteiger partial charge in [-0.2, -0.15) is 4.98 Å². The molecule has 2 saturated heterocycles. The summed E-state index contributed by atoms with van der Waals surface area (Å²) >= 11 is 0. The second kappa shape index (κ2) is 9.82. The summed E-state index contributed by atoms with van der Waals surface area (Å²) < 4.78 is 39.1. The summed E-state index contributed by atoms with van der Waals surface area (Å²) in [6, 6.07) is 14.6. The lowest BCUT2D eigenvalue weighted by molar-refractivity contribution is 0.457. The van der Waals surface area contributed by atoms with Crippen LogP contribution in [0.25, 0.3) is 32.9 Å². The first kappa shape index (κ1) is 25.9. The minimum atomic E-state index is -0.856. The molecule has 42 heavy (non-hydrogen) atoms. The number of piperazine rings is 1. The lowest BCUT2D eigenvalue weighted by atomic mass is 9.95. The van der Waals surface area contributed by atoms with Crippen molar-refractivity contribution in [2.24, 2.45) is 7.05 Å². The topological polar surface area (TPSA) is 92.5 Å². The molecule has 3 aromatic carbocycles. The van der Waals surface area contributed by atoms with Crippen LogP contribution in [-0.4, -0.2) is 44.8 Å². The van der Waals surface area contributed by atoms with Crippen LogP contribution in [-0.2, 0) is 7.05 Å². The Morgan fingerprint density at radius 3 is 2.50 bits per heavy atom. The molecule has 8 nitrogen and oxygen atoms in total. The van der Waals surface area contributed by atoms with Crippen molar-refractivity contribution in [2.75, 3.05) is 18.0 Å². The van der Waals surface area contributed by atoms with Gasteiger partial charge in [0.1, 0.15) is 34.2 Å². The van der Waals surface area contributed by atoms with Crippen molar-refractivity contribution < 1.29 is 18.6 Å². The van der Waals surface area contributed by atoms with Gasteiger partial charge in [-0.15, -0.1) is 6.42 Å². The number of ether oxygens (including phenoxy) is 1. The Kier molecular flexibility index (Phi) is 6.06. The number of hydrogen-bond donors (Lipinski definition) is 2. The highest BCUT2D eigenvalue weighted by molar-refractivity contribution is 6.04. The van der Waals surface area contributed by atoms with Crippen LogP contribution >= 0.6 is 0 Å². The normalized spacial score (nSPS) is 18.0. The van der Waals surface area contributed by atoms with Crippen LogP contribution in [0.15, 0.2) is 59.4 Å². The van der Waals surface area contributed by atoms with Crippen LogP contribution in [0.1, 0.15) is 18.4 Å². The lowest BCUT2D eigenvalue weighted by Gasteiger charge is -2.34. The van der Waals surface area contributed by atoms with Gasteiger partial charge in [-0.25, -0.2) is 18.6 Å². The van der Waals surface area contributed by atoms with E-state index in [2.05, 4.69) is 21.2 Å². The van der Waals surface area contributed by atoms with Gasteiger partial charge < -0.3 is 20.1 Å². The third-order valence-electron chi connectivity index (χ3n) is 8.05. The Balaban J connectivity index is 1.58. The van der Waals surface area contributed by atoms with Crippen molar-refractivity contribution in [1.29, 1.82) is 0 Å². The highest BCUT2D eigenvalue weighted by Crippen LogP contribution is 2.42. The number of rotatable bonds is 4. The van der Waals surface area contributed by atoms with E-state index >= 15 is 4.39 Å². The number of halogens is 2. The van der Waals surface area contributed by atoms with Crippen molar-refractivity contribution in [3.05, 3.63) is 82.3 Å². The minimum Gasteiger partial charge on any atom is -0.508 e. The number of aryl methyl sites for hydroxylation is 1. The number of anilines is 1. The maximum absolute atomic E-state index is 16.9. The number of para-hydroxylation sites is 1. The van der Waals surface area contributed by atoms with E-state index in [1.165, 1.54) is 31.3 Å². The second-order valence-electron chi connectivity index (χ2n) is 10.7. The van der Waals surface area contributed by atoms with E-state index in [9.17, 15) is 14.3 Å². The predicted molar refractivity (Wildman–Crippen MR) is 156 cm³/mol. The monoisotopic (exact) mass is 565 g/mol. The molecule has 210 valence electrons. The third kappa shape index (κ3) is 4.13. The summed E-state index contributed by atoms with van der Waals surface area (Å²) in [5, 5.41) is 15.0. The van der Waals surface area contributed by atoms with Crippen LogP contribution in [0.2, 0.25) is 0 Å². The number of nitrogens with one attached hydrogen (secondary N) is 1. The molecule has 2 aliphatic rings. The number of fused-ring (bicyclic) bond motifs is 4. The number of phenolic OH excluding ortho intramolecular Hbond substituents is 1. The van der Waals surface area contributed by atoms with E-state index in [4.69, 9.17) is 11.2 Å². The summed E-state index contributed by atoms with van der Waals surface area (Å²) in [6.45, 7) is 1.17. The average Bonchev–Trinajstić information content (AvgIpc) is 3.33. The summed E-state index contributed by atoms with van der Waals surface area (Å²) in [4.78, 5) is 24.2. The number of aromatic hydroxyl groups is 1. The number of hydrogen-bond acceptors (Lipinski definition) is 7. The van der Waals surface area contributed by atoms with E-state index in [0.717, 1.165) is 17.4 Å². The standard InChI is InChI=1S/C32H25F2N5O3/c1-3-22-24(33)12-9-17-13-20(40)14-23(25(17)22)28-27(34)29-26(31(36-28)42-21-7-5-4-6-8-21)30(37-32(41)38(29)2)39-15-18-10-11-19(16-39)35-18/h1,4-9,12-14,18-19,35,40H,10-11,15-16H2,2H3.